The molecular weight excluding hydrogens is 436 g/mol. The molecule has 1 aromatic heterocycles. The summed E-state index contributed by atoms with van der Waals surface area (Å²) in [6.45, 7) is 3.64. The van der Waals surface area contributed by atoms with Crippen LogP contribution in [-0.4, -0.2) is 60.4 Å². The highest BCUT2D eigenvalue weighted by Gasteiger charge is 2.36. The highest BCUT2D eigenvalue weighted by molar-refractivity contribution is 9.10. The molecule has 1 aliphatic rings. The van der Waals surface area contributed by atoms with Crippen molar-refractivity contribution in [2.45, 2.75) is 32.4 Å². The lowest BCUT2D eigenvalue weighted by molar-refractivity contribution is -0.141. The van der Waals surface area contributed by atoms with E-state index in [0.717, 1.165) is 10.9 Å². The smallest absolute Gasteiger partial charge is 0.356 e. The minimum absolute atomic E-state index is 0.0409. The number of hydrogen-bond acceptors (Lipinski definition) is 5. The largest absolute Gasteiger partial charge is 0.448 e. The van der Waals surface area contributed by atoms with Crippen LogP contribution in [0, 0.1) is 0 Å². The monoisotopic (exact) mass is 456 g/mol. The van der Waals surface area contributed by atoms with Crippen molar-refractivity contribution in [2.24, 2.45) is 0 Å². The van der Waals surface area contributed by atoms with Crippen LogP contribution in [-0.2, 0) is 19.4 Å². The number of esters is 1. The number of benzene rings is 1. The molecule has 1 amide bonds. The number of sulfone groups is 1. The Labute approximate surface area is 166 Å². The average Bonchev–Trinajstić information content (AvgIpc) is 3.15. The number of nitrogens with zero attached hydrogens (tertiary/aromatic N) is 1. The van der Waals surface area contributed by atoms with E-state index in [9.17, 15) is 18.0 Å². The maximum absolute atomic E-state index is 12.7. The Morgan fingerprint density at radius 2 is 2.07 bits per heavy atom. The predicted octanol–water partition coefficient (Wildman–Crippen LogP) is 2.51. The summed E-state index contributed by atoms with van der Waals surface area (Å²) in [4.78, 5) is 29.7. The van der Waals surface area contributed by atoms with E-state index in [1.165, 1.54) is 11.8 Å². The maximum atomic E-state index is 12.7. The summed E-state index contributed by atoms with van der Waals surface area (Å²) < 4.78 is 29.4. The standard InChI is InChI=1S/C18H21BrN2O5S/c1-3-21(12-8-9-27(24,25)10-12)17(22)11(2)26-18(23)16-15(19)13-6-4-5-7-14(13)20-16/h4-7,11-12,20H,3,8-10H2,1-2H3. The lowest BCUT2D eigenvalue weighted by Crippen LogP contribution is -2.46. The van der Waals surface area contributed by atoms with Gasteiger partial charge in [-0.25, -0.2) is 13.2 Å². The van der Waals surface area contributed by atoms with Gasteiger partial charge in [-0.05, 0) is 42.3 Å². The summed E-state index contributed by atoms with van der Waals surface area (Å²) in [5.41, 5.74) is 1.02. The molecule has 2 atom stereocenters. The van der Waals surface area contributed by atoms with Crippen LogP contribution in [0.4, 0.5) is 0 Å². The zero-order chi connectivity index (χ0) is 19.8. The Hall–Kier alpha value is -1.87. The zero-order valence-corrected chi connectivity index (χ0v) is 17.5. The minimum atomic E-state index is -3.11. The molecule has 2 aromatic rings. The fraction of sp³-hybridized carbons (Fsp3) is 0.444. The molecule has 1 fully saturated rings. The third-order valence-corrected chi connectivity index (χ3v) is 7.33. The summed E-state index contributed by atoms with van der Waals surface area (Å²) >= 11 is 3.39. The number of nitrogens with one attached hydrogen (secondary N) is 1. The molecule has 1 aliphatic heterocycles. The summed E-state index contributed by atoms with van der Waals surface area (Å²) in [5, 5.41) is 0.842. The number of aromatic nitrogens is 1. The summed E-state index contributed by atoms with van der Waals surface area (Å²) in [5.74, 6) is -0.993. The number of carbonyl (C=O) groups excluding carboxylic acids is 2. The molecular formula is C18H21BrN2O5S. The van der Waals surface area contributed by atoms with Crippen molar-refractivity contribution in [1.82, 2.24) is 9.88 Å². The molecule has 0 radical (unpaired) electrons. The third-order valence-electron chi connectivity index (χ3n) is 4.75. The average molecular weight is 457 g/mol. The number of para-hydroxylation sites is 1. The van der Waals surface area contributed by atoms with E-state index in [-0.39, 0.29) is 29.1 Å². The highest BCUT2D eigenvalue weighted by atomic mass is 79.9. The Morgan fingerprint density at radius 1 is 1.37 bits per heavy atom. The van der Waals surface area contributed by atoms with Gasteiger partial charge in [0.1, 0.15) is 5.69 Å². The summed E-state index contributed by atoms with van der Waals surface area (Å²) in [7, 11) is -3.11. The Morgan fingerprint density at radius 3 is 2.67 bits per heavy atom. The Kier molecular flexibility index (Phi) is 5.62. The molecule has 9 heteroatoms. The molecule has 1 aromatic carbocycles. The number of ether oxygens (including phenoxy) is 1. The van der Waals surface area contributed by atoms with Gasteiger partial charge in [0, 0.05) is 23.5 Å². The van der Waals surface area contributed by atoms with Crippen LogP contribution >= 0.6 is 15.9 Å². The molecule has 146 valence electrons. The quantitative estimate of drug-likeness (QED) is 0.697. The van der Waals surface area contributed by atoms with Crippen molar-refractivity contribution in [2.75, 3.05) is 18.1 Å². The molecule has 0 saturated carbocycles. The predicted molar refractivity (Wildman–Crippen MR) is 105 cm³/mol. The maximum Gasteiger partial charge on any atom is 0.356 e. The van der Waals surface area contributed by atoms with E-state index in [1.54, 1.807) is 6.92 Å². The number of likely N-dealkylation sites (N-methyl/N-ethyl adjacent to an activating group) is 1. The first-order valence-corrected chi connectivity index (χ1v) is 11.3. The lowest BCUT2D eigenvalue weighted by Gasteiger charge is -2.29. The van der Waals surface area contributed by atoms with Gasteiger partial charge < -0.3 is 14.6 Å². The number of fused-ring (bicyclic) bond motifs is 1. The molecule has 0 aliphatic carbocycles. The number of halogens is 1. The molecule has 0 spiro atoms. The first-order chi connectivity index (χ1) is 12.7. The Balaban J connectivity index is 1.73. The second kappa shape index (κ2) is 7.63. The van der Waals surface area contributed by atoms with Gasteiger partial charge in [0.25, 0.3) is 5.91 Å². The first kappa shape index (κ1) is 19.9. The van der Waals surface area contributed by atoms with E-state index in [2.05, 4.69) is 20.9 Å². The third kappa shape index (κ3) is 4.03. The van der Waals surface area contributed by atoms with Crippen molar-refractivity contribution >= 4 is 48.5 Å². The number of amides is 1. The fourth-order valence-corrected chi connectivity index (χ4v) is 5.70. The second-order valence-corrected chi connectivity index (χ2v) is 9.61. The second-order valence-electron chi connectivity index (χ2n) is 6.59. The topological polar surface area (TPSA) is 96.5 Å². The van der Waals surface area contributed by atoms with Gasteiger partial charge in [0.05, 0.1) is 16.0 Å². The van der Waals surface area contributed by atoms with Crippen LogP contribution in [0.2, 0.25) is 0 Å². The fourth-order valence-electron chi connectivity index (χ4n) is 3.37. The molecule has 1 saturated heterocycles. The molecule has 2 unspecified atom stereocenters. The summed E-state index contributed by atoms with van der Waals surface area (Å²) in [6.07, 6.45) is -0.602. The lowest BCUT2D eigenvalue weighted by atomic mass is 10.2. The number of rotatable bonds is 5. The van der Waals surface area contributed by atoms with Crippen LogP contribution in [0.1, 0.15) is 30.8 Å². The summed E-state index contributed by atoms with van der Waals surface area (Å²) in [6, 6.07) is 7.04. The van der Waals surface area contributed by atoms with Crippen molar-refractivity contribution in [1.29, 1.82) is 0 Å². The van der Waals surface area contributed by atoms with Crippen LogP contribution in [0.3, 0.4) is 0 Å². The van der Waals surface area contributed by atoms with Crippen LogP contribution in [0.15, 0.2) is 28.7 Å². The first-order valence-electron chi connectivity index (χ1n) is 8.71. The van der Waals surface area contributed by atoms with Gasteiger partial charge in [0.2, 0.25) is 0 Å². The molecule has 27 heavy (non-hydrogen) atoms. The normalized spacial score (nSPS) is 19.7. The highest BCUT2D eigenvalue weighted by Crippen LogP contribution is 2.28. The van der Waals surface area contributed by atoms with Gasteiger partial charge in [-0.1, -0.05) is 18.2 Å². The van der Waals surface area contributed by atoms with Gasteiger partial charge >= 0.3 is 5.97 Å². The molecule has 3 rings (SSSR count). The van der Waals surface area contributed by atoms with Gasteiger partial charge in [-0.3, -0.25) is 4.79 Å². The van der Waals surface area contributed by atoms with Gasteiger partial charge in [-0.15, -0.1) is 0 Å². The molecule has 0 bridgehead atoms. The molecule has 1 N–H and O–H groups in total. The van der Waals surface area contributed by atoms with Crippen LogP contribution in [0.25, 0.3) is 10.9 Å². The van der Waals surface area contributed by atoms with Crippen LogP contribution in [0.5, 0.6) is 0 Å². The van der Waals surface area contributed by atoms with Gasteiger partial charge in [0.15, 0.2) is 15.9 Å². The van der Waals surface area contributed by atoms with E-state index < -0.39 is 21.9 Å². The van der Waals surface area contributed by atoms with Crippen molar-refractivity contribution < 1.29 is 22.7 Å². The van der Waals surface area contributed by atoms with Crippen molar-refractivity contribution in [3.63, 3.8) is 0 Å². The van der Waals surface area contributed by atoms with Gasteiger partial charge in [-0.2, -0.15) is 0 Å². The zero-order valence-electron chi connectivity index (χ0n) is 15.1. The minimum Gasteiger partial charge on any atom is -0.448 e. The number of carbonyl (C=O) groups is 2. The van der Waals surface area contributed by atoms with E-state index in [0.29, 0.717) is 17.4 Å². The van der Waals surface area contributed by atoms with E-state index >= 15 is 0 Å². The number of aromatic amines is 1. The Bertz CT molecular complexity index is 985. The molecule has 7 nitrogen and oxygen atoms in total. The van der Waals surface area contributed by atoms with Crippen LogP contribution < -0.4 is 0 Å². The van der Waals surface area contributed by atoms with E-state index in [1.807, 2.05) is 24.3 Å². The number of H-pyrrole nitrogens is 1. The molecule has 2 heterocycles. The van der Waals surface area contributed by atoms with E-state index in [4.69, 9.17) is 4.74 Å². The number of hydrogen-bond donors (Lipinski definition) is 1. The van der Waals surface area contributed by atoms with Crippen molar-refractivity contribution in [3.05, 3.63) is 34.4 Å². The van der Waals surface area contributed by atoms with Crippen molar-refractivity contribution in [3.8, 4) is 0 Å². The SMILES string of the molecule is CCN(C(=O)C(C)OC(=O)c1[nH]c2ccccc2c1Br)C1CCS(=O)(=O)C1.